The molecule has 1 aliphatic rings. The largest absolute Gasteiger partial charge is 0.490 e. The lowest BCUT2D eigenvalue weighted by Gasteiger charge is -2.12. The van der Waals surface area contributed by atoms with Crippen LogP contribution < -0.4 is 4.74 Å². The predicted molar refractivity (Wildman–Crippen MR) is 113 cm³/mol. The Balaban J connectivity index is 1.44. The number of fused-ring (bicyclic) bond motifs is 3. The Kier molecular flexibility index (Phi) is 5.86. The third kappa shape index (κ3) is 4.09. The van der Waals surface area contributed by atoms with Crippen LogP contribution in [0.1, 0.15) is 23.6 Å². The summed E-state index contributed by atoms with van der Waals surface area (Å²) in [7, 11) is 0. The highest BCUT2D eigenvalue weighted by Crippen LogP contribution is 2.42. The van der Waals surface area contributed by atoms with Gasteiger partial charge in [-0.05, 0) is 59.5 Å². The molecular formula is C24H22N2O4. The predicted octanol–water partition coefficient (Wildman–Crippen LogP) is 4.00. The monoisotopic (exact) mass is 402 g/mol. The van der Waals surface area contributed by atoms with E-state index >= 15 is 0 Å². The van der Waals surface area contributed by atoms with E-state index in [-0.39, 0.29) is 0 Å². The highest BCUT2D eigenvalue weighted by atomic mass is 16.5. The lowest BCUT2D eigenvalue weighted by Crippen LogP contribution is -2.26. The van der Waals surface area contributed by atoms with E-state index in [1.807, 2.05) is 48.8 Å². The van der Waals surface area contributed by atoms with Crippen LogP contribution in [0.3, 0.4) is 0 Å². The van der Waals surface area contributed by atoms with Crippen molar-refractivity contribution in [1.82, 2.24) is 9.97 Å². The fraction of sp³-hybridized carbons (Fsp3) is 0.208. The summed E-state index contributed by atoms with van der Waals surface area (Å²) in [5, 5.41) is 9.22. The number of benzene rings is 1. The van der Waals surface area contributed by atoms with Crippen LogP contribution in [0.4, 0.5) is 0 Å². The van der Waals surface area contributed by atoms with Gasteiger partial charge in [-0.15, -0.1) is 0 Å². The summed E-state index contributed by atoms with van der Waals surface area (Å²) < 4.78 is 11.2. The second kappa shape index (κ2) is 8.88. The van der Waals surface area contributed by atoms with Gasteiger partial charge in [0, 0.05) is 48.9 Å². The molecule has 1 atom stereocenters. The first-order valence-corrected chi connectivity index (χ1v) is 9.82. The molecule has 4 rings (SSSR count). The molecule has 152 valence electrons. The zero-order chi connectivity index (χ0) is 20.9. The molecule has 0 saturated heterocycles. The standard InChI is InChI=1S/C24H22N2O4/c1-2-29-23(24(27)28)13-16-3-5-17(6-4-16)30-12-9-20-18-7-10-25-14-21(18)22-15-26-11-8-19(20)22/h3-11,14-15,23H,2,12-13H2,1H3,(H,27,28). The topological polar surface area (TPSA) is 81.5 Å². The van der Waals surface area contributed by atoms with Gasteiger partial charge in [-0.3, -0.25) is 9.97 Å². The third-order valence-corrected chi connectivity index (χ3v) is 5.04. The van der Waals surface area contributed by atoms with Crippen molar-refractivity contribution in [3.05, 3.63) is 84.0 Å². The summed E-state index contributed by atoms with van der Waals surface area (Å²) in [6, 6.07) is 11.5. The van der Waals surface area contributed by atoms with Gasteiger partial charge in [-0.2, -0.15) is 0 Å². The van der Waals surface area contributed by atoms with Crippen LogP contribution in [0.15, 0.2) is 67.3 Å². The zero-order valence-corrected chi connectivity index (χ0v) is 16.6. The average Bonchev–Trinajstić information content (AvgIpc) is 3.09. The quantitative estimate of drug-likeness (QED) is 0.480. The molecule has 6 nitrogen and oxygen atoms in total. The Hall–Kier alpha value is -3.51. The Bertz CT molecular complexity index is 1030. The molecule has 0 saturated carbocycles. The van der Waals surface area contributed by atoms with Crippen molar-refractivity contribution in [2.45, 2.75) is 19.4 Å². The van der Waals surface area contributed by atoms with Crippen molar-refractivity contribution in [3.8, 4) is 16.9 Å². The third-order valence-electron chi connectivity index (χ3n) is 5.04. The Morgan fingerprint density at radius 3 is 2.20 bits per heavy atom. The van der Waals surface area contributed by atoms with E-state index in [1.54, 1.807) is 19.3 Å². The summed E-state index contributed by atoms with van der Waals surface area (Å²) in [5.74, 6) is -0.229. The molecule has 30 heavy (non-hydrogen) atoms. The first-order valence-electron chi connectivity index (χ1n) is 9.82. The maximum Gasteiger partial charge on any atom is 0.333 e. The lowest BCUT2D eigenvalue weighted by molar-refractivity contribution is -0.149. The summed E-state index contributed by atoms with van der Waals surface area (Å²) >= 11 is 0. The number of nitrogens with zero attached hydrogens (tertiary/aromatic N) is 2. The Morgan fingerprint density at radius 2 is 1.63 bits per heavy atom. The van der Waals surface area contributed by atoms with Gasteiger partial charge in [0.15, 0.2) is 6.10 Å². The van der Waals surface area contributed by atoms with Crippen LogP contribution in [-0.4, -0.2) is 40.4 Å². The van der Waals surface area contributed by atoms with Crippen LogP contribution >= 0.6 is 0 Å². The molecule has 0 spiro atoms. The van der Waals surface area contributed by atoms with E-state index in [4.69, 9.17) is 9.47 Å². The molecule has 1 unspecified atom stereocenters. The second-order valence-corrected chi connectivity index (χ2v) is 6.90. The van der Waals surface area contributed by atoms with Gasteiger partial charge in [0.25, 0.3) is 0 Å². The van der Waals surface area contributed by atoms with Gasteiger partial charge in [-0.1, -0.05) is 12.1 Å². The van der Waals surface area contributed by atoms with Crippen molar-refractivity contribution in [1.29, 1.82) is 0 Å². The maximum atomic E-state index is 11.2. The van der Waals surface area contributed by atoms with E-state index < -0.39 is 12.1 Å². The molecule has 0 fully saturated rings. The average molecular weight is 402 g/mol. The van der Waals surface area contributed by atoms with Gasteiger partial charge in [0.05, 0.1) is 0 Å². The van der Waals surface area contributed by atoms with E-state index in [1.165, 1.54) is 0 Å². The minimum atomic E-state index is -0.952. The molecule has 2 heterocycles. The van der Waals surface area contributed by atoms with Crippen molar-refractivity contribution < 1.29 is 19.4 Å². The van der Waals surface area contributed by atoms with Crippen LogP contribution in [-0.2, 0) is 16.0 Å². The van der Waals surface area contributed by atoms with Gasteiger partial charge >= 0.3 is 5.97 Å². The number of hydrogen-bond acceptors (Lipinski definition) is 5. The normalized spacial score (nSPS) is 12.8. The molecule has 6 heteroatoms. The number of carboxylic acid groups (broad SMARTS) is 1. The Morgan fingerprint density at radius 1 is 1.00 bits per heavy atom. The minimum Gasteiger partial charge on any atom is -0.490 e. The Labute approximate surface area is 174 Å². The van der Waals surface area contributed by atoms with Crippen LogP contribution in [0, 0.1) is 0 Å². The van der Waals surface area contributed by atoms with Gasteiger partial charge in [0.1, 0.15) is 12.4 Å². The smallest absolute Gasteiger partial charge is 0.333 e. The van der Waals surface area contributed by atoms with Gasteiger partial charge < -0.3 is 14.6 Å². The van der Waals surface area contributed by atoms with E-state index in [0.29, 0.717) is 19.6 Å². The first kappa shape index (κ1) is 19.8. The number of carboxylic acids is 1. The van der Waals surface area contributed by atoms with Gasteiger partial charge in [-0.25, -0.2) is 4.79 Å². The highest BCUT2D eigenvalue weighted by molar-refractivity contribution is 6.00. The van der Waals surface area contributed by atoms with Crippen molar-refractivity contribution in [3.63, 3.8) is 0 Å². The molecule has 0 aliphatic heterocycles. The molecule has 1 N–H and O–H groups in total. The fourth-order valence-corrected chi connectivity index (χ4v) is 3.63. The van der Waals surface area contributed by atoms with Crippen LogP contribution in [0.5, 0.6) is 5.75 Å². The summed E-state index contributed by atoms with van der Waals surface area (Å²) in [4.78, 5) is 19.7. The minimum absolute atomic E-state index is 0.323. The summed E-state index contributed by atoms with van der Waals surface area (Å²) in [6.45, 7) is 2.57. The van der Waals surface area contributed by atoms with E-state index in [2.05, 4.69) is 16.0 Å². The number of pyridine rings is 2. The van der Waals surface area contributed by atoms with E-state index in [0.717, 1.165) is 39.1 Å². The number of hydrogen-bond donors (Lipinski definition) is 1. The molecule has 3 aromatic rings. The zero-order valence-electron chi connectivity index (χ0n) is 16.6. The molecule has 0 bridgehead atoms. The molecule has 0 radical (unpaired) electrons. The molecule has 1 aromatic carbocycles. The molecule has 1 aliphatic carbocycles. The molecular weight excluding hydrogens is 380 g/mol. The van der Waals surface area contributed by atoms with Crippen molar-refractivity contribution >= 4 is 11.5 Å². The lowest BCUT2D eigenvalue weighted by atomic mass is 10.1. The van der Waals surface area contributed by atoms with Crippen molar-refractivity contribution in [2.24, 2.45) is 0 Å². The number of rotatable bonds is 8. The second-order valence-electron chi connectivity index (χ2n) is 6.90. The number of aliphatic carboxylic acids is 1. The number of aromatic nitrogens is 2. The van der Waals surface area contributed by atoms with Crippen molar-refractivity contribution in [2.75, 3.05) is 13.2 Å². The SMILES string of the molecule is CCOC(Cc1ccc(OCC=C2c3ccncc3-c3cnccc32)cc1)C(=O)O. The fourth-order valence-electron chi connectivity index (χ4n) is 3.63. The number of carbonyl (C=O) groups is 1. The summed E-state index contributed by atoms with van der Waals surface area (Å²) in [5.41, 5.74) is 6.42. The highest BCUT2D eigenvalue weighted by Gasteiger charge is 2.23. The first-order chi connectivity index (χ1) is 14.7. The van der Waals surface area contributed by atoms with Gasteiger partial charge in [0.2, 0.25) is 0 Å². The van der Waals surface area contributed by atoms with E-state index in [9.17, 15) is 9.90 Å². The maximum absolute atomic E-state index is 11.2. The number of ether oxygens (including phenoxy) is 2. The van der Waals surface area contributed by atoms with Crippen LogP contribution in [0.25, 0.3) is 16.7 Å². The molecule has 0 amide bonds. The van der Waals surface area contributed by atoms with Crippen LogP contribution in [0.2, 0.25) is 0 Å². The molecule has 2 aromatic heterocycles. The summed E-state index contributed by atoms with van der Waals surface area (Å²) in [6.07, 6.45) is 8.86.